The normalized spacial score (nSPS) is 20.2. The van der Waals surface area contributed by atoms with Gasteiger partial charge in [0, 0.05) is 20.8 Å². The molecule has 25 heavy (non-hydrogen) atoms. The minimum atomic E-state index is -0.513. The van der Waals surface area contributed by atoms with E-state index in [1.165, 1.54) is 0 Å². The lowest BCUT2D eigenvalue weighted by Crippen LogP contribution is -2.43. The number of aromatic hydroxyl groups is 1. The Hall–Kier alpha value is -2.70. The summed E-state index contributed by atoms with van der Waals surface area (Å²) in [6, 6.07) is 10.9. The van der Waals surface area contributed by atoms with Crippen molar-refractivity contribution < 1.29 is 9.84 Å². The van der Waals surface area contributed by atoms with Crippen LogP contribution in [0.25, 0.3) is 6.08 Å². The lowest BCUT2D eigenvalue weighted by molar-refractivity contribution is 0.414. The Morgan fingerprint density at radius 1 is 1.24 bits per heavy atom. The highest BCUT2D eigenvalue weighted by Crippen LogP contribution is 2.44. The van der Waals surface area contributed by atoms with E-state index in [1.807, 2.05) is 36.4 Å². The standard InChI is InChI=1S/C18H11IN4O2/c1-25-14-4-2-3-12(8-14)18-21-16-6-5-11-7-13(19)9-15(24)17(11)23(16,10-20)22-18/h2-9H,1H3/p+1. The largest absolute Gasteiger partial charge is 0.503 e. The first kappa shape index (κ1) is 15.8. The second-order valence-electron chi connectivity index (χ2n) is 5.56. The number of quaternary nitrogens is 1. The lowest BCUT2D eigenvalue weighted by atomic mass is 10.1. The summed E-state index contributed by atoms with van der Waals surface area (Å²) in [4.78, 5) is 4.52. The van der Waals surface area contributed by atoms with Crippen LogP contribution in [0.4, 0.5) is 5.69 Å². The molecule has 122 valence electrons. The molecule has 1 unspecified atom stereocenters. The second kappa shape index (κ2) is 5.68. The van der Waals surface area contributed by atoms with Crippen LogP contribution in [0.3, 0.4) is 0 Å². The lowest BCUT2D eigenvalue weighted by Gasteiger charge is -2.23. The Bertz CT molecular complexity index is 1040. The van der Waals surface area contributed by atoms with Crippen molar-refractivity contribution in [2.24, 2.45) is 10.1 Å². The molecule has 2 aromatic carbocycles. The molecule has 1 N–H and O–H groups in total. The predicted octanol–water partition coefficient (Wildman–Crippen LogP) is 3.59. The molecule has 0 bridgehead atoms. The molecule has 7 heteroatoms. The molecule has 0 saturated heterocycles. The third-order valence-electron chi connectivity index (χ3n) is 4.09. The van der Waals surface area contributed by atoms with Gasteiger partial charge in [-0.3, -0.25) is 0 Å². The summed E-state index contributed by atoms with van der Waals surface area (Å²) >= 11 is 2.13. The van der Waals surface area contributed by atoms with Crippen molar-refractivity contribution in [3.8, 4) is 17.7 Å². The number of methoxy groups -OCH3 is 1. The molecule has 0 fully saturated rings. The van der Waals surface area contributed by atoms with Crippen LogP contribution in [-0.2, 0) is 0 Å². The summed E-state index contributed by atoms with van der Waals surface area (Å²) < 4.78 is 5.61. The van der Waals surface area contributed by atoms with Crippen LogP contribution in [0.5, 0.6) is 11.5 Å². The molecule has 0 saturated carbocycles. The fourth-order valence-electron chi connectivity index (χ4n) is 2.96. The van der Waals surface area contributed by atoms with E-state index in [-0.39, 0.29) is 5.75 Å². The number of amidine groups is 2. The first-order chi connectivity index (χ1) is 12.1. The number of fused-ring (bicyclic) bond motifs is 3. The molecular formula is C18H12IN4O2+. The first-order valence-electron chi connectivity index (χ1n) is 7.43. The fraction of sp³-hybridized carbons (Fsp3) is 0.0556. The van der Waals surface area contributed by atoms with Gasteiger partial charge in [-0.05, 0) is 62.6 Å². The molecular weight excluding hydrogens is 431 g/mol. The molecule has 2 aliphatic rings. The molecule has 0 aromatic heterocycles. The number of ether oxygens (including phenoxy) is 1. The molecule has 0 spiro atoms. The number of nitriles is 1. The molecule has 2 heterocycles. The molecule has 2 aromatic rings. The second-order valence-corrected chi connectivity index (χ2v) is 6.80. The highest BCUT2D eigenvalue weighted by atomic mass is 127. The minimum absolute atomic E-state index is 0.0242. The number of rotatable bonds is 2. The Labute approximate surface area is 157 Å². The molecule has 0 amide bonds. The van der Waals surface area contributed by atoms with E-state index in [2.05, 4.69) is 38.9 Å². The van der Waals surface area contributed by atoms with Crippen molar-refractivity contribution in [3.05, 3.63) is 57.2 Å². The number of phenols is 1. The van der Waals surface area contributed by atoms with Crippen molar-refractivity contribution in [3.63, 3.8) is 0 Å². The molecule has 2 aliphatic heterocycles. The van der Waals surface area contributed by atoms with Gasteiger partial charge in [-0.25, -0.2) is 0 Å². The van der Waals surface area contributed by atoms with Gasteiger partial charge in [0.05, 0.1) is 7.11 Å². The van der Waals surface area contributed by atoms with Crippen LogP contribution in [0.2, 0.25) is 0 Å². The van der Waals surface area contributed by atoms with E-state index < -0.39 is 4.59 Å². The Morgan fingerprint density at radius 2 is 2.08 bits per heavy atom. The monoisotopic (exact) mass is 443 g/mol. The van der Waals surface area contributed by atoms with Gasteiger partial charge in [-0.2, -0.15) is 4.99 Å². The zero-order valence-electron chi connectivity index (χ0n) is 13.1. The molecule has 0 aliphatic carbocycles. The third-order valence-corrected chi connectivity index (χ3v) is 4.71. The minimum Gasteiger partial charge on any atom is -0.503 e. The van der Waals surface area contributed by atoms with Crippen molar-refractivity contribution >= 4 is 46.0 Å². The zero-order valence-corrected chi connectivity index (χ0v) is 15.3. The topological polar surface area (TPSA) is 78.0 Å². The average Bonchev–Trinajstić information content (AvgIpc) is 3.01. The van der Waals surface area contributed by atoms with Crippen LogP contribution in [0, 0.1) is 15.0 Å². The number of hydrogen-bond acceptors (Lipinski definition) is 5. The highest BCUT2D eigenvalue weighted by molar-refractivity contribution is 14.1. The summed E-state index contributed by atoms with van der Waals surface area (Å²) in [5, 5.41) is 24.9. The van der Waals surface area contributed by atoms with E-state index in [0.29, 0.717) is 23.1 Å². The fourth-order valence-corrected chi connectivity index (χ4v) is 3.59. The van der Waals surface area contributed by atoms with Crippen LogP contribution >= 0.6 is 22.6 Å². The smallest absolute Gasteiger partial charge is 0.351 e. The van der Waals surface area contributed by atoms with Crippen LogP contribution in [-0.4, -0.2) is 23.9 Å². The Morgan fingerprint density at radius 3 is 2.84 bits per heavy atom. The van der Waals surface area contributed by atoms with Crippen LogP contribution in [0.15, 0.2) is 52.6 Å². The summed E-state index contributed by atoms with van der Waals surface area (Å²) in [5.41, 5.74) is 1.91. The first-order valence-corrected chi connectivity index (χ1v) is 8.51. The van der Waals surface area contributed by atoms with Crippen LogP contribution < -0.4 is 9.33 Å². The number of aliphatic imine (C=N–C) groups is 1. The van der Waals surface area contributed by atoms with Gasteiger partial charge in [0.2, 0.25) is 11.5 Å². The SMILES string of the molecule is COc1cccc(C2=N[N+]3(C#N)C(=N2)C=Cc2cc(I)cc(O)c23)c1. The number of phenolic OH excluding ortho intramolecular Hbond substituents is 1. The summed E-state index contributed by atoms with van der Waals surface area (Å²) in [6.07, 6.45) is 5.80. The van der Waals surface area contributed by atoms with E-state index in [4.69, 9.17) is 4.74 Å². The summed E-state index contributed by atoms with van der Waals surface area (Å²) in [6.45, 7) is 0. The van der Waals surface area contributed by atoms with Crippen molar-refractivity contribution in [2.45, 2.75) is 0 Å². The van der Waals surface area contributed by atoms with Crippen LogP contribution in [0.1, 0.15) is 11.1 Å². The number of halogens is 1. The zero-order chi connectivity index (χ0) is 17.6. The van der Waals surface area contributed by atoms with Gasteiger partial charge in [0.25, 0.3) is 5.84 Å². The van der Waals surface area contributed by atoms with Crippen molar-refractivity contribution in [1.82, 2.24) is 4.59 Å². The van der Waals surface area contributed by atoms with Crippen molar-refractivity contribution in [1.29, 1.82) is 5.26 Å². The molecule has 6 nitrogen and oxygen atoms in total. The van der Waals surface area contributed by atoms with Gasteiger partial charge in [0.15, 0.2) is 5.75 Å². The third kappa shape index (κ3) is 2.33. The molecule has 4 rings (SSSR count). The van der Waals surface area contributed by atoms with Gasteiger partial charge >= 0.3 is 6.19 Å². The quantitative estimate of drug-likeness (QED) is 0.438. The predicted molar refractivity (Wildman–Crippen MR) is 104 cm³/mol. The summed E-state index contributed by atoms with van der Waals surface area (Å²) in [7, 11) is 1.59. The maximum absolute atomic E-state index is 10.5. The number of nitrogens with zero attached hydrogens (tertiary/aromatic N) is 4. The van der Waals surface area contributed by atoms with Crippen molar-refractivity contribution in [2.75, 3.05) is 7.11 Å². The number of benzene rings is 2. The van der Waals surface area contributed by atoms with Gasteiger partial charge < -0.3 is 9.84 Å². The Balaban J connectivity index is 1.94. The van der Waals surface area contributed by atoms with E-state index >= 15 is 0 Å². The van der Waals surface area contributed by atoms with Gasteiger partial charge in [-0.1, -0.05) is 12.1 Å². The van der Waals surface area contributed by atoms with Gasteiger partial charge in [0.1, 0.15) is 5.75 Å². The Kier molecular flexibility index (Phi) is 3.59. The van der Waals surface area contributed by atoms with E-state index in [0.717, 1.165) is 14.7 Å². The van der Waals surface area contributed by atoms with E-state index in [1.54, 1.807) is 19.3 Å². The number of hydrogen-bond donors (Lipinski definition) is 1. The molecule has 1 atom stereocenters. The summed E-state index contributed by atoms with van der Waals surface area (Å²) in [5.74, 6) is 1.58. The highest BCUT2D eigenvalue weighted by Gasteiger charge is 2.49. The molecule has 0 radical (unpaired) electrons. The average molecular weight is 443 g/mol. The maximum atomic E-state index is 10.5. The van der Waals surface area contributed by atoms with Gasteiger partial charge in [-0.15, -0.1) is 5.26 Å². The maximum Gasteiger partial charge on any atom is 0.351 e. The van der Waals surface area contributed by atoms with E-state index in [9.17, 15) is 10.4 Å².